The number of carboxylic acids is 1. The molecule has 112 valence electrons. The molecule has 0 aliphatic carbocycles. The molecule has 6 heteroatoms. The molecule has 0 fully saturated rings. The molecule has 0 aliphatic rings. The van der Waals surface area contributed by atoms with Crippen LogP contribution in [-0.4, -0.2) is 31.0 Å². The van der Waals surface area contributed by atoms with Gasteiger partial charge >= 0.3 is 5.97 Å². The Morgan fingerprint density at radius 1 is 1.35 bits per heavy atom. The number of hydrogen-bond acceptors (Lipinski definition) is 3. The van der Waals surface area contributed by atoms with Crippen molar-refractivity contribution in [3.05, 3.63) is 35.6 Å². The molecular weight excluding hydrogens is 283 g/mol. The molecule has 0 amide bonds. The van der Waals surface area contributed by atoms with E-state index in [2.05, 4.69) is 0 Å². The van der Waals surface area contributed by atoms with Crippen molar-refractivity contribution in [3.8, 4) is 0 Å². The maximum absolute atomic E-state index is 13.5. The second-order valence-electron chi connectivity index (χ2n) is 4.71. The van der Waals surface area contributed by atoms with E-state index in [9.17, 15) is 17.6 Å². The first-order valence-corrected chi connectivity index (χ1v) is 8.34. The van der Waals surface area contributed by atoms with Gasteiger partial charge in [0.1, 0.15) is 15.7 Å². The summed E-state index contributed by atoms with van der Waals surface area (Å²) in [5.41, 5.74) is 0.346. The Morgan fingerprint density at radius 2 is 2.00 bits per heavy atom. The van der Waals surface area contributed by atoms with Crippen LogP contribution in [0, 0.1) is 11.7 Å². The molecule has 0 aliphatic heterocycles. The van der Waals surface area contributed by atoms with E-state index >= 15 is 0 Å². The summed E-state index contributed by atoms with van der Waals surface area (Å²) in [5.74, 6) is -2.19. The highest BCUT2D eigenvalue weighted by atomic mass is 32.2. The lowest BCUT2D eigenvalue weighted by molar-refractivity contribution is -0.141. The Labute approximate surface area is 118 Å². The van der Waals surface area contributed by atoms with Crippen LogP contribution in [0.3, 0.4) is 0 Å². The van der Waals surface area contributed by atoms with E-state index in [1.165, 1.54) is 6.07 Å². The van der Waals surface area contributed by atoms with Gasteiger partial charge in [-0.2, -0.15) is 0 Å². The maximum Gasteiger partial charge on any atom is 0.306 e. The van der Waals surface area contributed by atoms with E-state index in [1.807, 2.05) is 0 Å². The normalized spacial score (nSPS) is 13.1. The van der Waals surface area contributed by atoms with Gasteiger partial charge in [-0.15, -0.1) is 0 Å². The molecule has 0 spiro atoms. The first-order chi connectivity index (χ1) is 9.35. The molecule has 0 radical (unpaired) electrons. The standard InChI is InChI=1S/C14H19FO4S/c1-2-20(18,19)9-5-7-12(14(16)17)10-11-6-3-4-8-13(11)15/h3-4,6,8,12H,2,5,7,9-10H2,1H3,(H,16,17). The average Bonchev–Trinajstić information content (AvgIpc) is 2.39. The summed E-state index contributed by atoms with van der Waals surface area (Å²) in [5, 5.41) is 9.14. The van der Waals surface area contributed by atoms with Gasteiger partial charge in [0.15, 0.2) is 0 Å². The van der Waals surface area contributed by atoms with Gasteiger partial charge in [0, 0.05) is 5.75 Å². The number of halogens is 1. The van der Waals surface area contributed by atoms with Crippen LogP contribution < -0.4 is 0 Å². The molecule has 0 saturated carbocycles. The van der Waals surface area contributed by atoms with Crippen LogP contribution in [0.5, 0.6) is 0 Å². The number of aliphatic carboxylic acids is 1. The van der Waals surface area contributed by atoms with Crippen LogP contribution in [0.1, 0.15) is 25.3 Å². The molecule has 0 bridgehead atoms. The smallest absolute Gasteiger partial charge is 0.306 e. The van der Waals surface area contributed by atoms with Crippen molar-refractivity contribution in [1.29, 1.82) is 0 Å². The predicted octanol–water partition coefficient (Wildman–Crippen LogP) is 2.28. The number of rotatable bonds is 8. The molecule has 4 nitrogen and oxygen atoms in total. The first-order valence-electron chi connectivity index (χ1n) is 6.52. The second-order valence-corrected chi connectivity index (χ2v) is 7.18. The Kier molecular flexibility index (Phi) is 6.13. The number of carbonyl (C=O) groups is 1. The van der Waals surface area contributed by atoms with Gasteiger partial charge in [0.25, 0.3) is 0 Å². The van der Waals surface area contributed by atoms with Gasteiger partial charge in [-0.1, -0.05) is 25.1 Å². The van der Waals surface area contributed by atoms with Crippen LogP contribution in [0.25, 0.3) is 0 Å². The Bertz CT molecular complexity index is 554. The van der Waals surface area contributed by atoms with Crippen molar-refractivity contribution >= 4 is 15.8 Å². The van der Waals surface area contributed by atoms with E-state index in [0.29, 0.717) is 5.56 Å². The van der Waals surface area contributed by atoms with Crippen molar-refractivity contribution in [2.75, 3.05) is 11.5 Å². The molecule has 0 saturated heterocycles. The molecule has 1 atom stereocenters. The fourth-order valence-corrected chi connectivity index (χ4v) is 2.83. The minimum Gasteiger partial charge on any atom is -0.481 e. The van der Waals surface area contributed by atoms with Crippen molar-refractivity contribution in [1.82, 2.24) is 0 Å². The third-order valence-corrected chi connectivity index (χ3v) is 5.01. The summed E-state index contributed by atoms with van der Waals surface area (Å²) in [6.45, 7) is 1.56. The molecular formula is C14H19FO4S. The van der Waals surface area contributed by atoms with Crippen molar-refractivity contribution in [2.24, 2.45) is 5.92 Å². The number of sulfone groups is 1. The van der Waals surface area contributed by atoms with E-state index in [1.54, 1.807) is 25.1 Å². The van der Waals surface area contributed by atoms with Gasteiger partial charge in [0.2, 0.25) is 0 Å². The Hall–Kier alpha value is -1.43. The minimum atomic E-state index is -3.09. The molecule has 0 aromatic heterocycles. The van der Waals surface area contributed by atoms with Gasteiger partial charge in [-0.25, -0.2) is 12.8 Å². The summed E-state index contributed by atoms with van der Waals surface area (Å²) in [6, 6.07) is 6.03. The van der Waals surface area contributed by atoms with Crippen molar-refractivity contribution in [3.63, 3.8) is 0 Å². The monoisotopic (exact) mass is 302 g/mol. The molecule has 20 heavy (non-hydrogen) atoms. The predicted molar refractivity (Wildman–Crippen MR) is 74.8 cm³/mol. The molecule has 1 aromatic rings. The van der Waals surface area contributed by atoms with Crippen LogP contribution >= 0.6 is 0 Å². The lowest BCUT2D eigenvalue weighted by atomic mass is 9.95. The number of benzene rings is 1. The van der Waals surface area contributed by atoms with E-state index in [-0.39, 0.29) is 30.8 Å². The topological polar surface area (TPSA) is 71.4 Å². The third kappa shape index (κ3) is 5.28. The van der Waals surface area contributed by atoms with Crippen LogP contribution in [-0.2, 0) is 21.1 Å². The Morgan fingerprint density at radius 3 is 2.55 bits per heavy atom. The maximum atomic E-state index is 13.5. The SMILES string of the molecule is CCS(=O)(=O)CCCC(Cc1ccccc1F)C(=O)O. The largest absolute Gasteiger partial charge is 0.481 e. The zero-order chi connectivity index (χ0) is 15.2. The average molecular weight is 302 g/mol. The molecule has 1 rings (SSSR count). The van der Waals surface area contributed by atoms with E-state index in [0.717, 1.165) is 0 Å². The molecule has 1 N–H and O–H groups in total. The first kappa shape index (κ1) is 16.6. The zero-order valence-corrected chi connectivity index (χ0v) is 12.2. The lowest BCUT2D eigenvalue weighted by Gasteiger charge is -2.12. The summed E-state index contributed by atoms with van der Waals surface area (Å²) in [4.78, 5) is 11.2. The Balaban J connectivity index is 2.63. The van der Waals surface area contributed by atoms with Crippen LogP contribution in [0.2, 0.25) is 0 Å². The molecule has 1 aromatic carbocycles. The van der Waals surface area contributed by atoms with E-state index in [4.69, 9.17) is 5.11 Å². The second kappa shape index (κ2) is 7.38. The third-order valence-electron chi connectivity index (χ3n) is 3.22. The minimum absolute atomic E-state index is 0.0233. The fraction of sp³-hybridized carbons (Fsp3) is 0.500. The van der Waals surface area contributed by atoms with Crippen molar-refractivity contribution < 1.29 is 22.7 Å². The molecule has 1 unspecified atom stereocenters. The van der Waals surface area contributed by atoms with Crippen molar-refractivity contribution in [2.45, 2.75) is 26.2 Å². The number of carboxylic acid groups (broad SMARTS) is 1. The summed E-state index contributed by atoms with van der Waals surface area (Å²) in [7, 11) is -3.09. The van der Waals surface area contributed by atoms with Crippen LogP contribution in [0.15, 0.2) is 24.3 Å². The summed E-state index contributed by atoms with van der Waals surface area (Å²) < 4.78 is 36.2. The van der Waals surface area contributed by atoms with Gasteiger partial charge < -0.3 is 5.11 Å². The van der Waals surface area contributed by atoms with Gasteiger partial charge in [-0.3, -0.25) is 4.79 Å². The highest BCUT2D eigenvalue weighted by Crippen LogP contribution is 2.17. The summed E-state index contributed by atoms with van der Waals surface area (Å²) in [6.07, 6.45) is 0.582. The van der Waals surface area contributed by atoms with Gasteiger partial charge in [-0.05, 0) is 30.9 Å². The zero-order valence-electron chi connectivity index (χ0n) is 11.4. The number of hydrogen-bond donors (Lipinski definition) is 1. The van der Waals surface area contributed by atoms with Gasteiger partial charge in [0.05, 0.1) is 11.7 Å². The highest BCUT2D eigenvalue weighted by Gasteiger charge is 2.20. The van der Waals surface area contributed by atoms with Crippen LogP contribution in [0.4, 0.5) is 4.39 Å². The quantitative estimate of drug-likeness (QED) is 0.799. The highest BCUT2D eigenvalue weighted by molar-refractivity contribution is 7.91. The lowest BCUT2D eigenvalue weighted by Crippen LogP contribution is -2.19. The fourth-order valence-electron chi connectivity index (χ4n) is 1.94. The molecule has 0 heterocycles. The van der Waals surface area contributed by atoms with E-state index < -0.39 is 27.5 Å². The summed E-state index contributed by atoms with van der Waals surface area (Å²) >= 11 is 0.